The summed E-state index contributed by atoms with van der Waals surface area (Å²) in [5, 5.41) is 5.40. The Morgan fingerprint density at radius 1 is 1.15 bits per heavy atom. The van der Waals surface area contributed by atoms with Crippen LogP contribution in [0.2, 0.25) is 0 Å². The quantitative estimate of drug-likeness (QED) is 0.733. The Labute approximate surface area is 153 Å². The minimum Gasteiger partial charge on any atom is -0.479 e. The summed E-state index contributed by atoms with van der Waals surface area (Å²) in [4.78, 5) is 24.1. The monoisotopic (exact) mass is 366 g/mol. The second-order valence-corrected chi connectivity index (χ2v) is 6.06. The molecule has 3 aromatic rings. The average molecular weight is 366 g/mol. The van der Waals surface area contributed by atoms with Gasteiger partial charge in [0.05, 0.1) is 11.3 Å². The van der Waals surface area contributed by atoms with Crippen LogP contribution >= 0.6 is 0 Å². The van der Waals surface area contributed by atoms with Crippen LogP contribution in [0.1, 0.15) is 17.5 Å². The summed E-state index contributed by atoms with van der Waals surface area (Å²) < 4.78 is 24.8. The van der Waals surface area contributed by atoms with Crippen molar-refractivity contribution in [3.63, 3.8) is 0 Å². The molecule has 1 unspecified atom stereocenters. The molecule has 136 valence electrons. The predicted octanol–water partition coefficient (Wildman–Crippen LogP) is 4.06. The maximum atomic E-state index is 13.8. The van der Waals surface area contributed by atoms with E-state index in [0.29, 0.717) is 17.1 Å². The zero-order chi connectivity index (χ0) is 19.0. The minimum absolute atomic E-state index is 0.0416. The number of rotatable bonds is 3. The molecule has 2 aromatic carbocycles. The number of hydrogen-bond donors (Lipinski definition) is 2. The van der Waals surface area contributed by atoms with Gasteiger partial charge in [-0.2, -0.15) is 0 Å². The van der Waals surface area contributed by atoms with Gasteiger partial charge >= 0.3 is 0 Å². The number of benzene rings is 2. The molecule has 0 aliphatic carbocycles. The van der Waals surface area contributed by atoms with Crippen LogP contribution in [-0.2, 0) is 4.79 Å². The van der Waals surface area contributed by atoms with Gasteiger partial charge in [0.15, 0.2) is 11.9 Å². The summed E-state index contributed by atoms with van der Waals surface area (Å²) >= 11 is 0. The highest BCUT2D eigenvalue weighted by molar-refractivity contribution is 6.04. The van der Waals surface area contributed by atoms with Gasteiger partial charge in [0, 0.05) is 5.69 Å². The van der Waals surface area contributed by atoms with Gasteiger partial charge in [-0.1, -0.05) is 12.1 Å². The van der Waals surface area contributed by atoms with Crippen LogP contribution in [-0.4, -0.2) is 17.9 Å². The van der Waals surface area contributed by atoms with Crippen molar-refractivity contribution in [1.29, 1.82) is 0 Å². The van der Waals surface area contributed by atoms with Gasteiger partial charge in [0.25, 0.3) is 11.8 Å². The SMILES string of the molecule is CC1Oc2ccc(NC(=O)c3ccc(-c4ccccc4F)o3)cc2NC1=O. The molecule has 1 atom stereocenters. The molecule has 2 heterocycles. The molecule has 0 bridgehead atoms. The zero-order valence-electron chi connectivity index (χ0n) is 14.3. The van der Waals surface area contributed by atoms with Crippen molar-refractivity contribution >= 4 is 23.2 Å². The molecule has 1 aliphatic rings. The summed E-state index contributed by atoms with van der Waals surface area (Å²) in [7, 11) is 0. The van der Waals surface area contributed by atoms with Crippen molar-refractivity contribution < 1.29 is 23.1 Å². The highest BCUT2D eigenvalue weighted by Crippen LogP contribution is 2.32. The smallest absolute Gasteiger partial charge is 0.291 e. The van der Waals surface area contributed by atoms with Gasteiger partial charge in [0.2, 0.25) is 0 Å². The highest BCUT2D eigenvalue weighted by Gasteiger charge is 2.24. The van der Waals surface area contributed by atoms with E-state index in [-0.39, 0.29) is 23.0 Å². The average Bonchev–Trinajstić information content (AvgIpc) is 3.13. The van der Waals surface area contributed by atoms with Gasteiger partial charge in [-0.15, -0.1) is 0 Å². The predicted molar refractivity (Wildman–Crippen MR) is 97.2 cm³/mol. The van der Waals surface area contributed by atoms with E-state index in [2.05, 4.69) is 10.6 Å². The molecule has 1 aromatic heterocycles. The van der Waals surface area contributed by atoms with Gasteiger partial charge in [-0.3, -0.25) is 9.59 Å². The van der Waals surface area contributed by atoms with Crippen LogP contribution in [0.5, 0.6) is 5.75 Å². The molecule has 0 saturated heterocycles. The topological polar surface area (TPSA) is 80.6 Å². The molecule has 2 N–H and O–H groups in total. The van der Waals surface area contributed by atoms with Crippen LogP contribution in [0.15, 0.2) is 59.0 Å². The van der Waals surface area contributed by atoms with E-state index in [4.69, 9.17) is 9.15 Å². The van der Waals surface area contributed by atoms with Crippen LogP contribution in [0.4, 0.5) is 15.8 Å². The van der Waals surface area contributed by atoms with E-state index in [0.717, 1.165) is 0 Å². The lowest BCUT2D eigenvalue weighted by atomic mass is 10.1. The van der Waals surface area contributed by atoms with Gasteiger partial charge < -0.3 is 19.8 Å². The number of hydrogen-bond acceptors (Lipinski definition) is 4. The first-order valence-corrected chi connectivity index (χ1v) is 8.29. The summed E-state index contributed by atoms with van der Waals surface area (Å²) in [5.74, 6) is -0.350. The molecule has 6 nitrogen and oxygen atoms in total. The first-order chi connectivity index (χ1) is 13.0. The van der Waals surface area contributed by atoms with Crippen LogP contribution in [0, 0.1) is 5.82 Å². The maximum absolute atomic E-state index is 13.8. The Morgan fingerprint density at radius 3 is 2.78 bits per heavy atom. The van der Waals surface area contributed by atoms with E-state index in [9.17, 15) is 14.0 Å². The second-order valence-electron chi connectivity index (χ2n) is 6.06. The van der Waals surface area contributed by atoms with Crippen LogP contribution in [0.3, 0.4) is 0 Å². The first-order valence-electron chi connectivity index (χ1n) is 8.29. The fourth-order valence-electron chi connectivity index (χ4n) is 2.74. The molecule has 7 heteroatoms. The van der Waals surface area contributed by atoms with E-state index in [1.54, 1.807) is 43.3 Å². The number of carbonyl (C=O) groups excluding carboxylic acids is 2. The Balaban J connectivity index is 1.53. The molecule has 0 spiro atoms. The Morgan fingerprint density at radius 2 is 1.96 bits per heavy atom. The number of halogens is 1. The van der Waals surface area contributed by atoms with E-state index < -0.39 is 17.8 Å². The second kappa shape index (κ2) is 6.60. The largest absolute Gasteiger partial charge is 0.479 e. The standard InChI is InChI=1S/C20H15FN2O4/c1-11-19(24)23-15-10-12(6-7-17(15)26-11)22-20(25)18-9-8-16(27-18)13-4-2-3-5-14(13)21/h2-11H,1H3,(H,22,25)(H,23,24). The van der Waals surface area contributed by atoms with Crippen molar-refractivity contribution in [2.24, 2.45) is 0 Å². The lowest BCUT2D eigenvalue weighted by molar-refractivity contribution is -0.122. The van der Waals surface area contributed by atoms with Crippen molar-refractivity contribution in [1.82, 2.24) is 0 Å². The summed E-state index contributed by atoms with van der Waals surface area (Å²) in [6, 6.07) is 14.1. The van der Waals surface area contributed by atoms with Gasteiger partial charge in [-0.05, 0) is 49.4 Å². The Hall–Kier alpha value is -3.61. The first kappa shape index (κ1) is 16.8. The molecule has 2 amide bonds. The number of nitrogens with one attached hydrogen (secondary N) is 2. The number of carbonyl (C=O) groups is 2. The normalized spacial score (nSPS) is 15.5. The van der Waals surface area contributed by atoms with E-state index >= 15 is 0 Å². The van der Waals surface area contributed by atoms with Gasteiger partial charge in [-0.25, -0.2) is 4.39 Å². The van der Waals surface area contributed by atoms with Crippen molar-refractivity contribution in [2.75, 3.05) is 10.6 Å². The number of amides is 2. The highest BCUT2D eigenvalue weighted by atomic mass is 19.1. The molecule has 27 heavy (non-hydrogen) atoms. The number of furan rings is 1. The number of fused-ring (bicyclic) bond motifs is 1. The van der Waals surface area contributed by atoms with Crippen molar-refractivity contribution in [3.8, 4) is 17.1 Å². The molecule has 1 aliphatic heterocycles. The third-order valence-corrected chi connectivity index (χ3v) is 4.14. The molecule has 0 fully saturated rings. The molecular formula is C20H15FN2O4. The lowest BCUT2D eigenvalue weighted by Crippen LogP contribution is -2.34. The Bertz CT molecular complexity index is 1040. The van der Waals surface area contributed by atoms with Crippen molar-refractivity contribution in [2.45, 2.75) is 13.0 Å². The molecular weight excluding hydrogens is 351 g/mol. The van der Waals surface area contributed by atoms with Crippen molar-refractivity contribution in [3.05, 3.63) is 66.2 Å². The molecule has 0 saturated carbocycles. The maximum Gasteiger partial charge on any atom is 0.291 e. The van der Waals surface area contributed by atoms with E-state index in [1.165, 1.54) is 18.2 Å². The zero-order valence-corrected chi connectivity index (χ0v) is 14.3. The third-order valence-electron chi connectivity index (χ3n) is 4.14. The van der Waals surface area contributed by atoms with Crippen LogP contribution in [0.25, 0.3) is 11.3 Å². The third kappa shape index (κ3) is 3.27. The minimum atomic E-state index is -0.571. The fraction of sp³-hybridized carbons (Fsp3) is 0.100. The van der Waals surface area contributed by atoms with E-state index in [1.807, 2.05) is 0 Å². The summed E-state index contributed by atoms with van der Waals surface area (Å²) in [5.41, 5.74) is 1.21. The van der Waals surface area contributed by atoms with Gasteiger partial charge in [0.1, 0.15) is 17.3 Å². The summed E-state index contributed by atoms with van der Waals surface area (Å²) in [6.45, 7) is 1.65. The number of ether oxygens (including phenoxy) is 1. The lowest BCUT2D eigenvalue weighted by Gasteiger charge is -2.23. The Kier molecular flexibility index (Phi) is 4.12. The summed E-state index contributed by atoms with van der Waals surface area (Å²) in [6.07, 6.45) is -0.571. The molecule has 4 rings (SSSR count). The molecule has 0 radical (unpaired) electrons. The fourth-order valence-corrected chi connectivity index (χ4v) is 2.74. The number of anilines is 2. The van der Waals surface area contributed by atoms with Crippen LogP contribution < -0.4 is 15.4 Å².